The Hall–Kier alpha value is -1.06. The van der Waals surface area contributed by atoms with Gasteiger partial charge in [0.1, 0.15) is 0 Å². The second-order valence-electron chi connectivity index (χ2n) is 4.37. The zero-order chi connectivity index (χ0) is 12.7. The number of hydrogen-bond acceptors (Lipinski definition) is 3. The Labute approximate surface area is 105 Å². The smallest absolute Gasteiger partial charge is 0.0477 e. The van der Waals surface area contributed by atoms with Gasteiger partial charge in [-0.3, -0.25) is 0 Å². The molecule has 0 aromatic heterocycles. The molecule has 0 saturated heterocycles. The van der Waals surface area contributed by atoms with Gasteiger partial charge >= 0.3 is 0 Å². The van der Waals surface area contributed by atoms with Crippen LogP contribution in [-0.4, -0.2) is 32.8 Å². The van der Waals surface area contributed by atoms with Crippen molar-refractivity contribution in [1.82, 2.24) is 0 Å². The molecule has 96 valence electrons. The zero-order valence-electron chi connectivity index (χ0n) is 11.1. The van der Waals surface area contributed by atoms with Crippen molar-refractivity contribution in [2.45, 2.75) is 26.3 Å². The van der Waals surface area contributed by atoms with Gasteiger partial charge in [0.05, 0.1) is 0 Å². The molecule has 17 heavy (non-hydrogen) atoms. The summed E-state index contributed by atoms with van der Waals surface area (Å²) in [6, 6.07) is 8.60. The molecule has 1 atom stereocenters. The van der Waals surface area contributed by atoms with Crippen LogP contribution < -0.4 is 10.6 Å². The fourth-order valence-electron chi connectivity index (χ4n) is 1.96. The minimum absolute atomic E-state index is 0.162. The van der Waals surface area contributed by atoms with E-state index in [4.69, 9.17) is 10.5 Å². The highest BCUT2D eigenvalue weighted by Crippen LogP contribution is 2.19. The molecular weight excluding hydrogens is 212 g/mol. The van der Waals surface area contributed by atoms with Gasteiger partial charge in [-0.2, -0.15) is 0 Å². The van der Waals surface area contributed by atoms with Crippen molar-refractivity contribution in [2.75, 3.05) is 31.7 Å². The van der Waals surface area contributed by atoms with Gasteiger partial charge in [-0.15, -0.1) is 0 Å². The summed E-state index contributed by atoms with van der Waals surface area (Å²) in [5.74, 6) is 0. The third-order valence-corrected chi connectivity index (χ3v) is 2.99. The van der Waals surface area contributed by atoms with E-state index >= 15 is 0 Å². The number of hydrogen-bond donors (Lipinski definition) is 1. The van der Waals surface area contributed by atoms with Crippen molar-refractivity contribution in [3.8, 4) is 0 Å². The fraction of sp³-hybridized carbons (Fsp3) is 0.571. The van der Waals surface area contributed by atoms with Gasteiger partial charge < -0.3 is 15.4 Å². The summed E-state index contributed by atoms with van der Waals surface area (Å²) in [7, 11) is 1.71. The SMILES string of the molecule is CCN(CC(N)CCOC)c1ccccc1C. The van der Waals surface area contributed by atoms with Crippen molar-refractivity contribution >= 4 is 5.69 Å². The first-order valence-corrected chi connectivity index (χ1v) is 6.24. The summed E-state index contributed by atoms with van der Waals surface area (Å²) in [5.41, 5.74) is 8.68. The number of ether oxygens (including phenoxy) is 1. The fourth-order valence-corrected chi connectivity index (χ4v) is 1.96. The van der Waals surface area contributed by atoms with Gasteiger partial charge in [0.25, 0.3) is 0 Å². The molecule has 0 aliphatic rings. The normalized spacial score (nSPS) is 12.5. The molecule has 1 rings (SSSR count). The minimum Gasteiger partial charge on any atom is -0.385 e. The second-order valence-corrected chi connectivity index (χ2v) is 4.37. The highest BCUT2D eigenvalue weighted by Gasteiger charge is 2.11. The van der Waals surface area contributed by atoms with Crippen LogP contribution in [0.25, 0.3) is 0 Å². The number of nitrogens with two attached hydrogens (primary N) is 1. The molecule has 0 heterocycles. The van der Waals surface area contributed by atoms with Crippen LogP contribution in [0, 0.1) is 6.92 Å². The number of para-hydroxylation sites is 1. The van der Waals surface area contributed by atoms with Crippen molar-refractivity contribution in [3.63, 3.8) is 0 Å². The maximum atomic E-state index is 6.10. The van der Waals surface area contributed by atoms with Gasteiger partial charge in [0, 0.05) is 38.5 Å². The average Bonchev–Trinajstić information content (AvgIpc) is 2.34. The van der Waals surface area contributed by atoms with E-state index < -0.39 is 0 Å². The summed E-state index contributed by atoms with van der Waals surface area (Å²) < 4.78 is 5.06. The number of aryl methyl sites for hydroxylation is 1. The van der Waals surface area contributed by atoms with E-state index in [9.17, 15) is 0 Å². The lowest BCUT2D eigenvalue weighted by Gasteiger charge is -2.27. The third-order valence-electron chi connectivity index (χ3n) is 2.99. The van der Waals surface area contributed by atoms with Crippen molar-refractivity contribution in [1.29, 1.82) is 0 Å². The second kappa shape index (κ2) is 7.30. The first kappa shape index (κ1) is 14.0. The highest BCUT2D eigenvalue weighted by molar-refractivity contribution is 5.52. The minimum atomic E-state index is 0.162. The maximum absolute atomic E-state index is 6.10. The summed E-state index contributed by atoms with van der Waals surface area (Å²) in [4.78, 5) is 2.33. The molecule has 0 spiro atoms. The molecular formula is C14H24N2O. The van der Waals surface area contributed by atoms with Crippen molar-refractivity contribution in [3.05, 3.63) is 29.8 Å². The molecule has 1 aromatic rings. The third kappa shape index (κ3) is 4.36. The molecule has 1 unspecified atom stereocenters. The number of methoxy groups -OCH3 is 1. The first-order chi connectivity index (χ1) is 8.19. The van der Waals surface area contributed by atoms with Gasteiger partial charge in [-0.25, -0.2) is 0 Å². The van der Waals surface area contributed by atoms with Gasteiger partial charge in [-0.1, -0.05) is 18.2 Å². The Morgan fingerprint density at radius 2 is 2.06 bits per heavy atom. The molecule has 1 aromatic carbocycles. The summed E-state index contributed by atoms with van der Waals surface area (Å²) in [5, 5.41) is 0. The predicted molar refractivity (Wildman–Crippen MR) is 73.5 cm³/mol. The lowest BCUT2D eigenvalue weighted by Crippen LogP contribution is -2.38. The number of benzene rings is 1. The van der Waals surface area contributed by atoms with Crippen LogP contribution in [-0.2, 0) is 4.74 Å². The topological polar surface area (TPSA) is 38.5 Å². The molecule has 0 aliphatic carbocycles. The highest BCUT2D eigenvalue weighted by atomic mass is 16.5. The van der Waals surface area contributed by atoms with Gasteiger partial charge in [-0.05, 0) is 31.9 Å². The molecule has 2 N–H and O–H groups in total. The Morgan fingerprint density at radius 3 is 2.65 bits per heavy atom. The molecule has 0 fully saturated rings. The van der Waals surface area contributed by atoms with Crippen LogP contribution in [0.5, 0.6) is 0 Å². The lowest BCUT2D eigenvalue weighted by molar-refractivity contribution is 0.188. The quantitative estimate of drug-likeness (QED) is 0.788. The number of anilines is 1. The Morgan fingerprint density at radius 1 is 1.35 bits per heavy atom. The first-order valence-electron chi connectivity index (χ1n) is 6.24. The van der Waals surface area contributed by atoms with E-state index in [-0.39, 0.29) is 6.04 Å². The molecule has 3 nitrogen and oxygen atoms in total. The summed E-state index contributed by atoms with van der Waals surface area (Å²) in [6.07, 6.45) is 0.902. The molecule has 3 heteroatoms. The van der Waals surface area contributed by atoms with E-state index in [0.717, 1.165) is 26.1 Å². The molecule has 0 radical (unpaired) electrons. The lowest BCUT2D eigenvalue weighted by atomic mass is 10.1. The summed E-state index contributed by atoms with van der Waals surface area (Å²) in [6.45, 7) is 6.89. The van der Waals surface area contributed by atoms with E-state index in [1.165, 1.54) is 11.3 Å². The number of rotatable bonds is 7. The van der Waals surface area contributed by atoms with Crippen LogP contribution in [0.3, 0.4) is 0 Å². The van der Waals surface area contributed by atoms with Crippen LogP contribution in [0.2, 0.25) is 0 Å². The monoisotopic (exact) mass is 236 g/mol. The van der Waals surface area contributed by atoms with E-state index in [0.29, 0.717) is 0 Å². The van der Waals surface area contributed by atoms with Crippen molar-refractivity contribution in [2.24, 2.45) is 5.73 Å². The summed E-state index contributed by atoms with van der Waals surface area (Å²) >= 11 is 0. The van der Waals surface area contributed by atoms with E-state index in [1.54, 1.807) is 7.11 Å². The number of nitrogens with zero attached hydrogens (tertiary/aromatic N) is 1. The van der Waals surface area contributed by atoms with E-state index in [1.807, 2.05) is 0 Å². The van der Waals surface area contributed by atoms with Crippen LogP contribution in [0.15, 0.2) is 24.3 Å². The molecule has 0 aliphatic heterocycles. The largest absolute Gasteiger partial charge is 0.385 e. The van der Waals surface area contributed by atoms with Crippen molar-refractivity contribution < 1.29 is 4.74 Å². The predicted octanol–water partition coefficient (Wildman–Crippen LogP) is 2.19. The Kier molecular flexibility index (Phi) is 6.01. The van der Waals surface area contributed by atoms with Gasteiger partial charge in [0.15, 0.2) is 0 Å². The standard InChI is InChI=1S/C14H24N2O/c1-4-16(11-13(15)9-10-17-3)14-8-6-5-7-12(14)2/h5-8,13H,4,9-11,15H2,1-3H3. The number of likely N-dealkylation sites (N-methyl/N-ethyl adjacent to an activating group) is 1. The zero-order valence-corrected chi connectivity index (χ0v) is 11.1. The molecule has 0 saturated carbocycles. The van der Waals surface area contributed by atoms with Crippen LogP contribution in [0.1, 0.15) is 18.9 Å². The van der Waals surface area contributed by atoms with Crippen LogP contribution in [0.4, 0.5) is 5.69 Å². The maximum Gasteiger partial charge on any atom is 0.0477 e. The Bertz CT molecular complexity index is 328. The van der Waals surface area contributed by atoms with E-state index in [2.05, 4.69) is 43.0 Å². The van der Waals surface area contributed by atoms with Crippen LogP contribution >= 0.6 is 0 Å². The average molecular weight is 236 g/mol. The molecule has 0 bridgehead atoms. The van der Waals surface area contributed by atoms with Gasteiger partial charge in [0.2, 0.25) is 0 Å². The Balaban J connectivity index is 2.62. The molecule has 0 amide bonds.